The van der Waals surface area contributed by atoms with Crippen molar-refractivity contribution in [3.63, 3.8) is 0 Å². The van der Waals surface area contributed by atoms with Crippen molar-refractivity contribution in [2.24, 2.45) is 0 Å². The highest BCUT2D eigenvalue weighted by Crippen LogP contribution is 2.68. The second-order valence-electron chi connectivity index (χ2n) is 22.9. The maximum absolute atomic E-state index is 2.57. The van der Waals surface area contributed by atoms with Crippen LogP contribution in [0.2, 0.25) is 0 Å². The van der Waals surface area contributed by atoms with Crippen LogP contribution in [0.4, 0.5) is 0 Å². The van der Waals surface area contributed by atoms with Crippen LogP contribution < -0.4 is 0 Å². The van der Waals surface area contributed by atoms with Gasteiger partial charge in [-0.05, 0) is 143 Å². The smallest absolute Gasteiger partial charge is 0.0365 e. The highest BCUT2D eigenvalue weighted by molar-refractivity contribution is 6.16. The van der Waals surface area contributed by atoms with Gasteiger partial charge in [-0.2, -0.15) is 0 Å². The van der Waals surface area contributed by atoms with E-state index in [1.807, 2.05) is 0 Å². The third kappa shape index (κ3) is 5.57. The van der Waals surface area contributed by atoms with Gasteiger partial charge in [-0.15, -0.1) is 0 Å². The molecule has 308 valence electrons. The van der Waals surface area contributed by atoms with Crippen molar-refractivity contribution in [1.29, 1.82) is 0 Å². The Hall–Kier alpha value is -5.72. The van der Waals surface area contributed by atoms with Crippen molar-refractivity contribution < 1.29 is 0 Å². The molecule has 0 radical (unpaired) electrons. The second kappa shape index (κ2) is 12.9. The average molecular weight is 805 g/mol. The molecular weight excluding hydrogens is 745 g/mol. The van der Waals surface area contributed by atoms with Crippen molar-refractivity contribution in [3.05, 3.63) is 189 Å². The van der Waals surface area contributed by atoms with E-state index in [2.05, 4.69) is 217 Å². The molecule has 3 aliphatic carbocycles. The fourth-order valence-corrected chi connectivity index (χ4v) is 11.5. The molecule has 0 heterocycles. The van der Waals surface area contributed by atoms with Crippen molar-refractivity contribution in [2.75, 3.05) is 0 Å². The minimum atomic E-state index is 0.00848. The predicted octanol–water partition coefficient (Wildman–Crippen LogP) is 17.2. The lowest BCUT2D eigenvalue weighted by atomic mass is 9.67. The van der Waals surface area contributed by atoms with Gasteiger partial charge >= 0.3 is 0 Å². The maximum atomic E-state index is 2.57. The Labute approximate surface area is 370 Å². The van der Waals surface area contributed by atoms with E-state index in [4.69, 9.17) is 0 Å². The van der Waals surface area contributed by atoms with Crippen LogP contribution in [0.1, 0.15) is 151 Å². The van der Waals surface area contributed by atoms with Crippen LogP contribution in [-0.2, 0) is 21.7 Å². The molecule has 0 fully saturated rings. The van der Waals surface area contributed by atoms with Crippen molar-refractivity contribution in [2.45, 2.75) is 117 Å². The minimum Gasteiger partial charge on any atom is -0.0616 e. The molecule has 2 unspecified atom stereocenters. The first-order valence-electron chi connectivity index (χ1n) is 23.0. The quantitative estimate of drug-likeness (QED) is 0.163. The van der Waals surface area contributed by atoms with Gasteiger partial charge < -0.3 is 0 Å². The van der Waals surface area contributed by atoms with Crippen LogP contribution in [0, 0.1) is 0 Å². The molecule has 0 heteroatoms. The van der Waals surface area contributed by atoms with Gasteiger partial charge in [0.2, 0.25) is 0 Å². The summed E-state index contributed by atoms with van der Waals surface area (Å²) in [6.45, 7) is 28.1. The van der Waals surface area contributed by atoms with Crippen LogP contribution in [-0.4, -0.2) is 0 Å². The number of fused-ring (bicyclic) bond motifs is 12. The minimum absolute atomic E-state index is 0.00848. The van der Waals surface area contributed by atoms with Crippen molar-refractivity contribution in [1.82, 2.24) is 0 Å². The number of hydrogen-bond donors (Lipinski definition) is 0. The van der Waals surface area contributed by atoms with E-state index in [9.17, 15) is 0 Å². The van der Waals surface area contributed by atoms with Crippen molar-refractivity contribution >= 4 is 21.5 Å². The molecule has 0 nitrogen and oxygen atoms in total. The predicted molar refractivity (Wildman–Crippen MR) is 266 cm³/mol. The molecule has 62 heavy (non-hydrogen) atoms. The Bertz CT molecular complexity index is 2960. The first-order valence-corrected chi connectivity index (χ1v) is 23.0. The van der Waals surface area contributed by atoms with Gasteiger partial charge in [0.25, 0.3) is 0 Å². The lowest BCUT2D eigenvalue weighted by Crippen LogP contribution is -2.18. The first-order chi connectivity index (χ1) is 29.3. The fourth-order valence-electron chi connectivity index (χ4n) is 11.5. The van der Waals surface area contributed by atoms with Crippen LogP contribution in [0.3, 0.4) is 0 Å². The van der Waals surface area contributed by atoms with E-state index >= 15 is 0 Å². The third-order valence-electron chi connectivity index (χ3n) is 14.8. The molecule has 0 N–H and O–H groups in total. The molecule has 0 amide bonds. The normalized spacial score (nSPS) is 16.4. The largest absolute Gasteiger partial charge is 0.0616 e. The summed E-state index contributed by atoms with van der Waals surface area (Å²) in [6, 6.07) is 53.0. The molecule has 8 aromatic carbocycles. The number of rotatable bonds is 2. The summed E-state index contributed by atoms with van der Waals surface area (Å²) in [4.78, 5) is 0. The molecular formula is C62H60. The van der Waals surface area contributed by atoms with E-state index in [0.717, 1.165) is 0 Å². The Morgan fingerprint density at radius 2 is 0.597 bits per heavy atom. The summed E-state index contributed by atoms with van der Waals surface area (Å²) < 4.78 is 0. The van der Waals surface area contributed by atoms with Gasteiger partial charge in [-0.3, -0.25) is 0 Å². The maximum Gasteiger partial charge on any atom is 0.0365 e. The lowest BCUT2D eigenvalue weighted by Gasteiger charge is -2.35. The van der Waals surface area contributed by atoms with Crippen LogP contribution >= 0.6 is 0 Å². The van der Waals surface area contributed by atoms with E-state index in [0.29, 0.717) is 0 Å². The number of hydrogen-bond acceptors (Lipinski definition) is 0. The highest BCUT2D eigenvalue weighted by atomic mass is 14.5. The molecule has 11 rings (SSSR count). The van der Waals surface area contributed by atoms with E-state index < -0.39 is 0 Å². The summed E-state index contributed by atoms with van der Waals surface area (Å²) >= 11 is 0. The lowest BCUT2D eigenvalue weighted by molar-refractivity contribution is 0.590. The molecule has 3 aliphatic rings. The summed E-state index contributed by atoms with van der Waals surface area (Å²) in [7, 11) is 0. The molecule has 0 bridgehead atoms. The molecule has 8 aromatic rings. The third-order valence-corrected chi connectivity index (χ3v) is 14.8. The fraction of sp³-hybridized carbons (Fsp3) is 0.290. The monoisotopic (exact) mass is 804 g/mol. The zero-order valence-electron chi connectivity index (χ0n) is 38.9. The summed E-state index contributed by atoms with van der Waals surface area (Å²) in [6.07, 6.45) is 0. The zero-order valence-corrected chi connectivity index (χ0v) is 38.9. The topological polar surface area (TPSA) is 0 Å². The average Bonchev–Trinajstić information content (AvgIpc) is 3.74. The Balaban J connectivity index is 1.33. The Morgan fingerprint density at radius 1 is 0.290 bits per heavy atom. The van der Waals surface area contributed by atoms with Gasteiger partial charge in [0.05, 0.1) is 0 Å². The Morgan fingerprint density at radius 3 is 0.919 bits per heavy atom. The van der Waals surface area contributed by atoms with Gasteiger partial charge in [0.1, 0.15) is 0 Å². The molecule has 0 aromatic heterocycles. The number of benzene rings is 8. The van der Waals surface area contributed by atoms with E-state index in [1.54, 1.807) is 0 Å². The zero-order chi connectivity index (χ0) is 43.4. The second-order valence-corrected chi connectivity index (χ2v) is 22.9. The highest BCUT2D eigenvalue weighted by Gasteiger charge is 2.49. The Kier molecular flexibility index (Phi) is 8.16. The van der Waals surface area contributed by atoms with E-state index in [-0.39, 0.29) is 33.5 Å². The molecule has 0 aliphatic heterocycles. The van der Waals surface area contributed by atoms with Gasteiger partial charge in [0.15, 0.2) is 0 Å². The molecule has 2 atom stereocenters. The molecule has 0 saturated heterocycles. The van der Waals surface area contributed by atoms with Crippen LogP contribution in [0.5, 0.6) is 0 Å². The van der Waals surface area contributed by atoms with Crippen LogP contribution in [0.25, 0.3) is 66.1 Å². The standard InChI is InChI=1S/C62H60/c1-59(2,3)37-25-21-35(22-26-37)49-41-17-13-15-19-43(41)51-54-46-32-30-40(62(10,11)12)34-48(46)56-50(36-23-27-38(28-24-36)60(4,5)6)42-18-14-16-20-44(42)52(58(54)56)53-45-31-29-39(61(7,8)9)33-47(45)55(49)57(51)53/h13-34,53-54H,1-12H3. The van der Waals surface area contributed by atoms with E-state index in [1.165, 1.54) is 122 Å². The van der Waals surface area contributed by atoms with Crippen molar-refractivity contribution in [3.8, 4) is 44.5 Å². The SMILES string of the molecule is CC(C)(C)c1ccc(-c2c3c4c(c5ccccc25)C2c5ccc(C(C)(C)C)cc5-c5c2c(c2ccccc2c5-c2ccc(C(C)(C)C)cc2)C4c2ccc(C(C)(C)C)cc2-3)cc1. The molecule has 0 saturated carbocycles. The van der Waals surface area contributed by atoms with Gasteiger partial charge in [-0.25, -0.2) is 0 Å². The first kappa shape index (κ1) is 39.1. The molecule has 0 spiro atoms. The summed E-state index contributed by atoms with van der Waals surface area (Å²) in [5.74, 6) is 0.203. The summed E-state index contributed by atoms with van der Waals surface area (Å²) in [5.41, 5.74) is 25.6. The van der Waals surface area contributed by atoms with Gasteiger partial charge in [0, 0.05) is 11.8 Å². The summed E-state index contributed by atoms with van der Waals surface area (Å²) in [5, 5.41) is 5.46. The van der Waals surface area contributed by atoms with Gasteiger partial charge in [-0.1, -0.05) is 217 Å². The van der Waals surface area contributed by atoms with Crippen LogP contribution in [0.15, 0.2) is 133 Å².